The van der Waals surface area contributed by atoms with Crippen LogP contribution in [0, 0.1) is 0 Å². The topological polar surface area (TPSA) is 200 Å². The van der Waals surface area contributed by atoms with E-state index < -0.39 is 5.60 Å². The third-order valence-electron chi connectivity index (χ3n) is 11.3. The number of carbonyl (C=O) groups is 3. The van der Waals surface area contributed by atoms with E-state index in [-0.39, 0.29) is 47.8 Å². The molecule has 1 saturated heterocycles. The van der Waals surface area contributed by atoms with Crippen molar-refractivity contribution in [3.05, 3.63) is 118 Å². The number of ether oxygens (including phenoxy) is 4. The van der Waals surface area contributed by atoms with Crippen molar-refractivity contribution in [1.29, 1.82) is 0 Å². The molecule has 5 aromatic rings. The quantitative estimate of drug-likeness (QED) is 0.0593. The van der Waals surface area contributed by atoms with Gasteiger partial charge < -0.3 is 44.9 Å². The molecule has 3 heterocycles. The third kappa shape index (κ3) is 14.9. The van der Waals surface area contributed by atoms with Crippen LogP contribution in [-0.2, 0) is 48.7 Å². The van der Waals surface area contributed by atoms with Crippen molar-refractivity contribution in [2.45, 2.75) is 50.8 Å². The molecule has 17 heteroatoms. The number of benzene rings is 3. The molecule has 65 heavy (non-hydrogen) atoms. The van der Waals surface area contributed by atoms with E-state index in [4.69, 9.17) is 18.9 Å². The van der Waals surface area contributed by atoms with Gasteiger partial charge in [0.05, 0.1) is 83.6 Å². The van der Waals surface area contributed by atoms with Crippen LogP contribution in [0.25, 0.3) is 22.3 Å². The van der Waals surface area contributed by atoms with Gasteiger partial charge in [0.25, 0.3) is 11.5 Å². The summed E-state index contributed by atoms with van der Waals surface area (Å²) >= 11 is 0. The standard InChI is InChI=1S/C48H62N8O9/c1-36(38-9-5-3-6-10-38)31-42(58)55-21-17-48(61,18-22-55)34-56-35-52-43-44(47(56)60)53-54(2)45(43)39-15-13-37(14-16-39)32-49-33-41(57)50-19-23-62-25-27-64-29-30-65-28-26-63-24-20-51-46(59)40-11-7-4-8-12-40/h3-16,35-36,49,61H,17-34H2,1-2H3,(H,50,57)(H,51,59). The van der Waals surface area contributed by atoms with Gasteiger partial charge in [-0.2, -0.15) is 5.10 Å². The summed E-state index contributed by atoms with van der Waals surface area (Å²) in [4.78, 5) is 57.5. The lowest BCUT2D eigenvalue weighted by Gasteiger charge is -2.38. The van der Waals surface area contributed by atoms with E-state index in [1.54, 1.807) is 28.8 Å². The third-order valence-corrected chi connectivity index (χ3v) is 11.3. The molecule has 0 saturated carbocycles. The second kappa shape index (κ2) is 25.0. The lowest BCUT2D eigenvalue weighted by atomic mass is 9.90. The highest BCUT2D eigenvalue weighted by molar-refractivity contribution is 5.94. The molecule has 1 atom stereocenters. The molecule has 0 radical (unpaired) electrons. The highest BCUT2D eigenvalue weighted by Gasteiger charge is 2.35. The summed E-state index contributed by atoms with van der Waals surface area (Å²) < 4.78 is 25.1. The summed E-state index contributed by atoms with van der Waals surface area (Å²) in [6.45, 7) is 7.65. The van der Waals surface area contributed by atoms with Crippen molar-refractivity contribution in [2.24, 2.45) is 7.05 Å². The molecule has 0 bridgehead atoms. The number of piperidine rings is 1. The van der Waals surface area contributed by atoms with Crippen LogP contribution < -0.4 is 21.5 Å². The molecule has 6 rings (SSSR count). The highest BCUT2D eigenvalue weighted by atomic mass is 16.6. The molecule has 348 valence electrons. The Morgan fingerprint density at radius 1 is 0.769 bits per heavy atom. The number of aliphatic hydroxyl groups is 1. The van der Waals surface area contributed by atoms with Gasteiger partial charge in [0.15, 0.2) is 5.52 Å². The number of amides is 3. The van der Waals surface area contributed by atoms with Gasteiger partial charge in [0.1, 0.15) is 5.52 Å². The average molecular weight is 895 g/mol. The molecule has 1 aliphatic heterocycles. The van der Waals surface area contributed by atoms with Crippen molar-refractivity contribution in [2.75, 3.05) is 85.6 Å². The molecule has 3 amide bonds. The van der Waals surface area contributed by atoms with Crippen molar-refractivity contribution in [1.82, 2.24) is 40.2 Å². The molecule has 1 aliphatic rings. The van der Waals surface area contributed by atoms with Crippen LogP contribution in [0.4, 0.5) is 0 Å². The van der Waals surface area contributed by atoms with Gasteiger partial charge in [-0.1, -0.05) is 79.7 Å². The molecule has 3 aromatic carbocycles. The highest BCUT2D eigenvalue weighted by Crippen LogP contribution is 2.28. The Balaban J connectivity index is 0.809. The number of nitrogens with zero attached hydrogens (tertiary/aromatic N) is 5. The van der Waals surface area contributed by atoms with Crippen LogP contribution in [0.2, 0.25) is 0 Å². The Kier molecular flexibility index (Phi) is 18.7. The first-order valence-corrected chi connectivity index (χ1v) is 22.3. The fourth-order valence-corrected chi connectivity index (χ4v) is 7.59. The summed E-state index contributed by atoms with van der Waals surface area (Å²) in [6, 6.07) is 26.8. The molecule has 17 nitrogen and oxygen atoms in total. The molecule has 1 unspecified atom stereocenters. The number of likely N-dealkylation sites (tertiary alicyclic amines) is 1. The zero-order valence-electron chi connectivity index (χ0n) is 37.4. The van der Waals surface area contributed by atoms with Crippen LogP contribution in [0.5, 0.6) is 0 Å². The van der Waals surface area contributed by atoms with E-state index in [9.17, 15) is 24.3 Å². The van der Waals surface area contributed by atoms with Crippen LogP contribution >= 0.6 is 0 Å². The minimum absolute atomic E-state index is 0.0602. The predicted molar refractivity (Wildman–Crippen MR) is 245 cm³/mol. The lowest BCUT2D eigenvalue weighted by molar-refractivity contribution is -0.136. The van der Waals surface area contributed by atoms with Gasteiger partial charge >= 0.3 is 0 Å². The average Bonchev–Trinajstić information content (AvgIpc) is 3.66. The lowest BCUT2D eigenvalue weighted by Crippen LogP contribution is -2.49. The fraction of sp³-hybridized carbons (Fsp3) is 0.458. The van der Waals surface area contributed by atoms with Crippen LogP contribution in [0.1, 0.15) is 53.6 Å². The maximum Gasteiger partial charge on any atom is 0.281 e. The van der Waals surface area contributed by atoms with E-state index in [0.29, 0.717) is 122 Å². The molecule has 1 fully saturated rings. The summed E-state index contributed by atoms with van der Waals surface area (Å²) in [6.07, 6.45) is 2.58. The number of rotatable bonds is 26. The second-order valence-corrected chi connectivity index (χ2v) is 16.2. The number of aromatic nitrogens is 4. The van der Waals surface area contributed by atoms with E-state index in [0.717, 1.165) is 16.7 Å². The number of hydrogen-bond donors (Lipinski definition) is 4. The van der Waals surface area contributed by atoms with Crippen molar-refractivity contribution in [3.63, 3.8) is 0 Å². The molecule has 4 N–H and O–H groups in total. The van der Waals surface area contributed by atoms with Gasteiger partial charge in [-0.05, 0) is 42.0 Å². The van der Waals surface area contributed by atoms with Crippen LogP contribution in [-0.4, -0.2) is 138 Å². The number of nitrogens with one attached hydrogen (secondary N) is 3. The smallest absolute Gasteiger partial charge is 0.281 e. The zero-order chi connectivity index (χ0) is 45.9. The van der Waals surface area contributed by atoms with Gasteiger partial charge in [-0.25, -0.2) is 4.98 Å². The summed E-state index contributed by atoms with van der Waals surface area (Å²) in [5.41, 5.74) is 3.43. The van der Waals surface area contributed by atoms with Crippen molar-refractivity contribution >= 4 is 28.8 Å². The SMILES string of the molecule is CC(CC(=O)N1CCC(O)(Cn2cnc3c(-c4ccc(CNCC(=O)NCCOCCOCCOCCOCCNC(=O)c5ccccc5)cc4)n(C)nc3c2=O)CC1)c1ccccc1. The Morgan fingerprint density at radius 3 is 1.98 bits per heavy atom. The predicted octanol–water partition coefficient (Wildman–Crippen LogP) is 3.05. The number of carbonyl (C=O) groups excluding carboxylic acids is 3. The van der Waals surface area contributed by atoms with E-state index in [2.05, 4.69) is 26.0 Å². The number of hydrogen-bond acceptors (Lipinski definition) is 12. The van der Waals surface area contributed by atoms with Crippen LogP contribution in [0.3, 0.4) is 0 Å². The normalized spacial score (nSPS) is 14.0. The molecule has 2 aromatic heterocycles. The Labute approximate surface area is 379 Å². The van der Waals surface area contributed by atoms with Gasteiger partial charge in [-0.15, -0.1) is 0 Å². The Hall–Kier alpha value is -5.82. The van der Waals surface area contributed by atoms with Gasteiger partial charge in [0, 0.05) is 57.3 Å². The van der Waals surface area contributed by atoms with E-state index in [1.807, 2.05) is 79.7 Å². The zero-order valence-corrected chi connectivity index (χ0v) is 37.4. The first-order chi connectivity index (χ1) is 31.6. The van der Waals surface area contributed by atoms with E-state index >= 15 is 0 Å². The minimum Gasteiger partial charge on any atom is -0.388 e. The van der Waals surface area contributed by atoms with E-state index in [1.165, 1.54) is 10.9 Å². The largest absolute Gasteiger partial charge is 0.388 e. The maximum absolute atomic E-state index is 13.6. The van der Waals surface area contributed by atoms with Crippen LogP contribution in [0.15, 0.2) is 96.1 Å². The summed E-state index contributed by atoms with van der Waals surface area (Å²) in [5.74, 6) is -0.109. The maximum atomic E-state index is 13.6. The van der Waals surface area contributed by atoms with Crippen molar-refractivity contribution in [3.8, 4) is 11.3 Å². The molecular weight excluding hydrogens is 833 g/mol. The minimum atomic E-state index is -1.15. The first kappa shape index (κ1) is 48.6. The second-order valence-electron chi connectivity index (χ2n) is 16.2. The molecule has 0 spiro atoms. The number of aryl methyl sites for hydroxylation is 1. The summed E-state index contributed by atoms with van der Waals surface area (Å²) in [5, 5.41) is 24.8. The van der Waals surface area contributed by atoms with Crippen molar-refractivity contribution < 1.29 is 38.4 Å². The Morgan fingerprint density at radius 2 is 1.35 bits per heavy atom. The van der Waals surface area contributed by atoms with Gasteiger partial charge in [0.2, 0.25) is 11.8 Å². The monoisotopic (exact) mass is 894 g/mol. The Bertz CT molecular complexity index is 2310. The van der Waals surface area contributed by atoms with Gasteiger partial charge in [-0.3, -0.25) is 28.4 Å². The fourth-order valence-electron chi connectivity index (χ4n) is 7.59. The summed E-state index contributed by atoms with van der Waals surface area (Å²) in [7, 11) is 1.77. The molecular formula is C48H62N8O9. The first-order valence-electron chi connectivity index (χ1n) is 22.3. The molecule has 0 aliphatic carbocycles. The number of fused-ring (bicyclic) bond motifs is 1.